The number of nitrogens with zero attached hydrogens (tertiary/aromatic N) is 2. The van der Waals surface area contributed by atoms with E-state index in [2.05, 4.69) is 0 Å². The van der Waals surface area contributed by atoms with Crippen LogP contribution in [0.5, 0.6) is 0 Å². The van der Waals surface area contributed by atoms with Crippen molar-refractivity contribution in [2.45, 2.75) is 73.2 Å². The first-order chi connectivity index (χ1) is 10.2. The molecule has 132 valence electrons. The molecule has 1 heterocycles. The maximum absolute atomic E-state index is 12.7. The molecular weight excluding hydrogens is 296 g/mol. The summed E-state index contributed by atoms with van der Waals surface area (Å²) < 4.78 is 5.46. The van der Waals surface area contributed by atoms with Gasteiger partial charge in [0.2, 0.25) is 0 Å². The van der Waals surface area contributed by atoms with E-state index in [0.29, 0.717) is 0 Å². The number of Topliss-reactive ketones (excluding diaryl/α,β-unsaturated/α-hetero) is 1. The zero-order chi connectivity index (χ0) is 18.3. The lowest BCUT2D eigenvalue weighted by molar-refractivity contribution is -0.136. The lowest BCUT2D eigenvalue weighted by atomic mass is 9.91. The molecule has 6 nitrogen and oxygen atoms in total. The van der Waals surface area contributed by atoms with Gasteiger partial charge in [-0.1, -0.05) is 34.6 Å². The quantitative estimate of drug-likeness (QED) is 0.732. The van der Waals surface area contributed by atoms with Crippen LogP contribution < -0.4 is 0 Å². The number of carbonyl (C=O) groups excluding carboxylic acids is 3. The van der Waals surface area contributed by atoms with Crippen molar-refractivity contribution < 1.29 is 19.1 Å². The fraction of sp³-hybridized carbons (Fsp3) is 0.824. The third-order valence-corrected chi connectivity index (χ3v) is 3.71. The fourth-order valence-corrected chi connectivity index (χ4v) is 2.85. The molecule has 1 fully saturated rings. The molecule has 0 radical (unpaired) electrons. The summed E-state index contributed by atoms with van der Waals surface area (Å²) in [6, 6.07) is -1.11. The van der Waals surface area contributed by atoms with Crippen LogP contribution in [0.1, 0.15) is 55.4 Å². The Bertz CT molecular complexity index is 500. The van der Waals surface area contributed by atoms with E-state index in [-0.39, 0.29) is 17.6 Å². The molecule has 0 aromatic rings. The van der Waals surface area contributed by atoms with Gasteiger partial charge in [0.15, 0.2) is 11.8 Å². The molecule has 23 heavy (non-hydrogen) atoms. The first-order valence-corrected chi connectivity index (χ1v) is 8.00. The van der Waals surface area contributed by atoms with E-state index in [1.165, 1.54) is 9.80 Å². The Morgan fingerprint density at radius 2 is 1.57 bits per heavy atom. The molecule has 1 rings (SSSR count). The van der Waals surface area contributed by atoms with Gasteiger partial charge in [0.1, 0.15) is 11.8 Å². The van der Waals surface area contributed by atoms with Crippen molar-refractivity contribution in [3.63, 3.8) is 0 Å². The van der Waals surface area contributed by atoms with E-state index >= 15 is 0 Å². The number of carbonyl (C=O) groups is 3. The SMILES string of the molecule is CC(C)C(=O)[C@H]1C(=O)N(C)[C@H](C(C)(C)C)N1C(=O)OC(C)(C)C. The minimum Gasteiger partial charge on any atom is -0.444 e. The summed E-state index contributed by atoms with van der Waals surface area (Å²) in [4.78, 5) is 40.7. The average molecular weight is 326 g/mol. The first-order valence-electron chi connectivity index (χ1n) is 8.00. The van der Waals surface area contributed by atoms with E-state index in [1.807, 2.05) is 20.8 Å². The number of amides is 2. The largest absolute Gasteiger partial charge is 0.444 e. The number of ketones is 1. The van der Waals surface area contributed by atoms with E-state index in [4.69, 9.17) is 4.74 Å². The smallest absolute Gasteiger partial charge is 0.413 e. The molecule has 1 saturated heterocycles. The summed E-state index contributed by atoms with van der Waals surface area (Å²) in [6.07, 6.45) is -1.16. The molecular formula is C17H30N2O4. The van der Waals surface area contributed by atoms with Crippen molar-refractivity contribution in [2.75, 3.05) is 7.05 Å². The lowest BCUT2D eigenvalue weighted by Gasteiger charge is -2.39. The van der Waals surface area contributed by atoms with E-state index in [0.717, 1.165) is 0 Å². The van der Waals surface area contributed by atoms with Crippen LogP contribution in [-0.2, 0) is 14.3 Å². The summed E-state index contributed by atoms with van der Waals surface area (Å²) in [5, 5.41) is 0. The van der Waals surface area contributed by atoms with Gasteiger partial charge in [-0.05, 0) is 20.8 Å². The molecule has 1 aliphatic rings. The highest BCUT2D eigenvalue weighted by Crippen LogP contribution is 2.35. The maximum atomic E-state index is 12.7. The fourth-order valence-electron chi connectivity index (χ4n) is 2.85. The molecule has 0 aromatic carbocycles. The Morgan fingerprint density at radius 1 is 1.09 bits per heavy atom. The molecule has 0 aliphatic carbocycles. The van der Waals surface area contributed by atoms with Crippen LogP contribution in [0.4, 0.5) is 4.79 Å². The van der Waals surface area contributed by atoms with Crippen molar-refractivity contribution in [1.29, 1.82) is 0 Å². The van der Waals surface area contributed by atoms with Gasteiger partial charge in [0, 0.05) is 18.4 Å². The molecule has 2 amide bonds. The van der Waals surface area contributed by atoms with E-state index in [1.54, 1.807) is 41.7 Å². The molecule has 0 aromatic heterocycles. The molecule has 1 aliphatic heterocycles. The second kappa shape index (κ2) is 6.13. The minimum absolute atomic E-state index is 0.264. The summed E-state index contributed by atoms with van der Waals surface area (Å²) in [5.74, 6) is -0.963. The van der Waals surface area contributed by atoms with Crippen molar-refractivity contribution in [2.24, 2.45) is 11.3 Å². The van der Waals surface area contributed by atoms with E-state index in [9.17, 15) is 14.4 Å². The van der Waals surface area contributed by atoms with Crippen LogP contribution in [0, 0.1) is 11.3 Å². The number of hydrogen-bond acceptors (Lipinski definition) is 4. The monoisotopic (exact) mass is 326 g/mol. The van der Waals surface area contributed by atoms with Crippen LogP contribution in [0.25, 0.3) is 0 Å². The summed E-state index contributed by atoms with van der Waals surface area (Å²) in [5.41, 5.74) is -1.11. The third kappa shape index (κ3) is 4.03. The number of rotatable bonds is 2. The van der Waals surface area contributed by atoms with Gasteiger partial charge in [-0.25, -0.2) is 4.79 Å². The van der Waals surface area contributed by atoms with Crippen LogP contribution in [0.3, 0.4) is 0 Å². The highest BCUT2D eigenvalue weighted by Gasteiger charge is 2.55. The van der Waals surface area contributed by atoms with Gasteiger partial charge < -0.3 is 9.64 Å². The van der Waals surface area contributed by atoms with Gasteiger partial charge in [-0.2, -0.15) is 0 Å². The normalized spacial score (nSPS) is 22.8. The van der Waals surface area contributed by atoms with E-state index < -0.39 is 29.3 Å². The van der Waals surface area contributed by atoms with Crippen LogP contribution >= 0.6 is 0 Å². The summed E-state index contributed by atoms with van der Waals surface area (Å²) >= 11 is 0. The Kier molecular flexibility index (Phi) is 5.19. The average Bonchev–Trinajstić information content (AvgIpc) is 2.58. The summed E-state index contributed by atoms with van der Waals surface area (Å²) in [6.45, 7) is 14.5. The lowest BCUT2D eigenvalue weighted by Crippen LogP contribution is -2.54. The molecule has 0 bridgehead atoms. The molecule has 0 saturated carbocycles. The standard InChI is InChI=1S/C17H30N2O4/c1-10(2)12(20)11-13(21)18(9)14(16(3,4)5)19(11)15(22)23-17(6,7)8/h10-11,14H,1-9H3/t11-,14-/m0/s1. The second-order valence-corrected chi connectivity index (χ2v) is 8.54. The van der Waals surface area contributed by atoms with Gasteiger partial charge in [0.25, 0.3) is 5.91 Å². The van der Waals surface area contributed by atoms with Crippen molar-refractivity contribution >= 4 is 17.8 Å². The first kappa shape index (κ1) is 19.5. The number of ether oxygens (including phenoxy) is 1. The maximum Gasteiger partial charge on any atom is 0.413 e. The van der Waals surface area contributed by atoms with Gasteiger partial charge in [0.05, 0.1) is 0 Å². The summed E-state index contributed by atoms with van der Waals surface area (Å²) in [7, 11) is 1.63. The minimum atomic E-state index is -1.11. The predicted octanol–water partition coefficient (Wildman–Crippen LogP) is 2.66. The number of likely N-dealkylation sites (N-methyl/N-ethyl adjacent to an activating group) is 1. The van der Waals surface area contributed by atoms with Crippen LogP contribution in [-0.4, -0.2) is 52.4 Å². The zero-order valence-corrected chi connectivity index (χ0v) is 15.8. The molecule has 2 atom stereocenters. The number of hydrogen-bond donors (Lipinski definition) is 0. The van der Waals surface area contributed by atoms with Crippen molar-refractivity contribution in [3.8, 4) is 0 Å². The Morgan fingerprint density at radius 3 is 1.91 bits per heavy atom. The van der Waals surface area contributed by atoms with Gasteiger partial charge in [-0.15, -0.1) is 0 Å². The van der Waals surface area contributed by atoms with Gasteiger partial charge >= 0.3 is 6.09 Å². The predicted molar refractivity (Wildman–Crippen MR) is 87.7 cm³/mol. The van der Waals surface area contributed by atoms with Gasteiger partial charge in [-0.3, -0.25) is 14.5 Å². The molecule has 0 spiro atoms. The highest BCUT2D eigenvalue weighted by atomic mass is 16.6. The highest BCUT2D eigenvalue weighted by molar-refractivity contribution is 6.09. The molecule has 6 heteroatoms. The second-order valence-electron chi connectivity index (χ2n) is 8.54. The molecule has 0 N–H and O–H groups in total. The Hall–Kier alpha value is -1.59. The van der Waals surface area contributed by atoms with Crippen LogP contribution in [0.2, 0.25) is 0 Å². The Balaban J connectivity index is 3.35. The van der Waals surface area contributed by atoms with Crippen LogP contribution in [0.15, 0.2) is 0 Å². The van der Waals surface area contributed by atoms with Crippen molar-refractivity contribution in [3.05, 3.63) is 0 Å². The third-order valence-electron chi connectivity index (χ3n) is 3.71. The topological polar surface area (TPSA) is 66.9 Å². The Labute approximate surface area is 139 Å². The van der Waals surface area contributed by atoms with Crippen molar-refractivity contribution in [1.82, 2.24) is 9.80 Å². The zero-order valence-electron chi connectivity index (χ0n) is 15.8. The molecule has 0 unspecified atom stereocenters.